The van der Waals surface area contributed by atoms with Gasteiger partial charge in [0.2, 0.25) is 5.91 Å². The van der Waals surface area contributed by atoms with Crippen molar-refractivity contribution >= 4 is 29.3 Å². The predicted octanol–water partition coefficient (Wildman–Crippen LogP) is 3.29. The van der Waals surface area contributed by atoms with Crippen LogP contribution in [0.2, 0.25) is 5.02 Å². The van der Waals surface area contributed by atoms with E-state index in [1.807, 2.05) is 24.3 Å². The van der Waals surface area contributed by atoms with Gasteiger partial charge >= 0.3 is 5.97 Å². The van der Waals surface area contributed by atoms with Crippen LogP contribution >= 0.6 is 11.6 Å². The Morgan fingerprint density at radius 3 is 2.42 bits per heavy atom. The normalized spacial score (nSPS) is 15.0. The first kappa shape index (κ1) is 23.0. The second-order valence-electron chi connectivity index (χ2n) is 7.95. The molecule has 2 heterocycles. The molecule has 0 aliphatic carbocycles. The Bertz CT molecular complexity index is 960. The second-order valence-corrected chi connectivity index (χ2v) is 8.38. The summed E-state index contributed by atoms with van der Waals surface area (Å²) in [7, 11) is 1.28. The summed E-state index contributed by atoms with van der Waals surface area (Å²) in [5.41, 5.74) is 2.73. The Morgan fingerprint density at radius 2 is 1.84 bits per heavy atom. The van der Waals surface area contributed by atoms with E-state index in [2.05, 4.69) is 15.2 Å². The van der Waals surface area contributed by atoms with E-state index in [9.17, 15) is 14.4 Å². The summed E-state index contributed by atoms with van der Waals surface area (Å²) in [6.45, 7) is 5.73. The number of esters is 1. The maximum atomic E-state index is 12.6. The van der Waals surface area contributed by atoms with Crippen LogP contribution in [0.5, 0.6) is 0 Å². The number of piperidine rings is 1. The molecule has 1 aromatic carbocycles. The molecule has 0 atom stereocenters. The lowest BCUT2D eigenvalue weighted by molar-refractivity contribution is -0.121. The highest BCUT2D eigenvalue weighted by atomic mass is 35.5. The van der Waals surface area contributed by atoms with Crippen LogP contribution in [0, 0.1) is 6.92 Å². The summed E-state index contributed by atoms with van der Waals surface area (Å²) >= 11 is 5.94. The summed E-state index contributed by atoms with van der Waals surface area (Å²) < 4.78 is 4.83. The highest BCUT2D eigenvalue weighted by molar-refractivity contribution is 6.30. The van der Waals surface area contributed by atoms with Gasteiger partial charge in [0.05, 0.1) is 24.8 Å². The number of aromatic nitrogens is 1. The number of Topliss-reactive ketones (excluding diaryl/α,β-unsaturated/α-hetero) is 1. The Hall–Kier alpha value is -2.64. The molecule has 7 nitrogen and oxygen atoms in total. The third-order valence-electron chi connectivity index (χ3n) is 5.68. The minimum Gasteiger partial charge on any atom is -0.465 e. The van der Waals surface area contributed by atoms with Crippen molar-refractivity contribution in [3.05, 3.63) is 57.4 Å². The maximum Gasteiger partial charge on any atom is 0.339 e. The first-order valence-corrected chi connectivity index (χ1v) is 10.7. The first-order chi connectivity index (χ1) is 14.8. The third kappa shape index (κ3) is 5.74. The van der Waals surface area contributed by atoms with E-state index in [4.69, 9.17) is 16.3 Å². The number of rotatable bonds is 7. The lowest BCUT2D eigenvalue weighted by Crippen LogP contribution is -2.44. The summed E-state index contributed by atoms with van der Waals surface area (Å²) in [4.78, 5) is 41.9. The van der Waals surface area contributed by atoms with Gasteiger partial charge in [0.1, 0.15) is 0 Å². The van der Waals surface area contributed by atoms with Crippen LogP contribution < -0.4 is 5.32 Å². The number of halogens is 1. The molecule has 0 radical (unpaired) electrons. The first-order valence-electron chi connectivity index (χ1n) is 10.3. The van der Waals surface area contributed by atoms with Gasteiger partial charge in [-0.15, -0.1) is 0 Å². The molecule has 1 saturated heterocycles. The van der Waals surface area contributed by atoms with Crippen LogP contribution in [-0.2, 0) is 22.5 Å². The van der Waals surface area contributed by atoms with E-state index in [1.165, 1.54) is 19.6 Å². The number of hydrogen-bond acceptors (Lipinski definition) is 5. The number of benzene rings is 1. The highest BCUT2D eigenvalue weighted by Gasteiger charge is 2.26. The van der Waals surface area contributed by atoms with Crippen LogP contribution in [0.4, 0.5) is 0 Å². The second kappa shape index (κ2) is 10.1. The zero-order valence-corrected chi connectivity index (χ0v) is 18.8. The van der Waals surface area contributed by atoms with Gasteiger partial charge < -0.3 is 15.0 Å². The monoisotopic (exact) mass is 445 g/mol. The SMILES string of the molecule is COC(=O)c1c(CC(=O)NC2CCN(Cc3ccc(Cl)cc3)CC2)[nH]c(C(C)=O)c1C. The van der Waals surface area contributed by atoms with E-state index in [0.717, 1.165) is 37.5 Å². The van der Waals surface area contributed by atoms with Gasteiger partial charge in [-0.25, -0.2) is 4.79 Å². The molecule has 2 N–H and O–H groups in total. The number of amides is 1. The average Bonchev–Trinajstić information content (AvgIpc) is 3.06. The Morgan fingerprint density at radius 1 is 1.19 bits per heavy atom. The Kier molecular flexibility index (Phi) is 7.51. The third-order valence-corrected chi connectivity index (χ3v) is 5.93. The van der Waals surface area contributed by atoms with Gasteiger partial charge in [0.15, 0.2) is 5.78 Å². The molecule has 1 aromatic heterocycles. The molecule has 1 fully saturated rings. The van der Waals surface area contributed by atoms with Crippen molar-refractivity contribution in [1.82, 2.24) is 15.2 Å². The zero-order valence-electron chi connectivity index (χ0n) is 18.1. The van der Waals surface area contributed by atoms with E-state index in [0.29, 0.717) is 17.0 Å². The fraction of sp³-hybridized carbons (Fsp3) is 0.435. The van der Waals surface area contributed by atoms with E-state index in [1.54, 1.807) is 6.92 Å². The number of ketones is 1. The molecule has 1 aliphatic heterocycles. The number of aromatic amines is 1. The van der Waals surface area contributed by atoms with E-state index >= 15 is 0 Å². The molecule has 31 heavy (non-hydrogen) atoms. The van der Waals surface area contributed by atoms with Gasteiger partial charge in [0, 0.05) is 43.3 Å². The topological polar surface area (TPSA) is 91.5 Å². The van der Waals surface area contributed by atoms with Crippen LogP contribution in [0.3, 0.4) is 0 Å². The van der Waals surface area contributed by atoms with Crippen LogP contribution in [0.15, 0.2) is 24.3 Å². The number of H-pyrrole nitrogens is 1. The molecule has 166 valence electrons. The molecule has 3 rings (SSSR count). The number of nitrogens with one attached hydrogen (secondary N) is 2. The van der Waals surface area contributed by atoms with E-state index < -0.39 is 5.97 Å². The van der Waals surface area contributed by atoms with Gasteiger partial charge in [-0.2, -0.15) is 0 Å². The molecule has 0 unspecified atom stereocenters. The molecule has 1 amide bonds. The number of nitrogens with zero attached hydrogens (tertiary/aromatic N) is 1. The van der Waals surface area contributed by atoms with Crippen LogP contribution in [-0.4, -0.2) is 53.8 Å². The molecule has 2 aromatic rings. The van der Waals surface area contributed by atoms with E-state index in [-0.39, 0.29) is 29.7 Å². The maximum absolute atomic E-state index is 12.6. The largest absolute Gasteiger partial charge is 0.465 e. The van der Waals surface area contributed by atoms with Crippen molar-refractivity contribution in [2.75, 3.05) is 20.2 Å². The lowest BCUT2D eigenvalue weighted by atomic mass is 10.0. The van der Waals surface area contributed by atoms with Gasteiger partial charge in [-0.05, 0) is 43.0 Å². The smallest absolute Gasteiger partial charge is 0.339 e. The molecule has 0 bridgehead atoms. The summed E-state index contributed by atoms with van der Waals surface area (Å²) in [6, 6.07) is 7.93. The van der Waals surface area contributed by atoms with Gasteiger partial charge in [0.25, 0.3) is 0 Å². The predicted molar refractivity (Wildman–Crippen MR) is 118 cm³/mol. The quantitative estimate of drug-likeness (QED) is 0.504. The number of hydrogen-bond donors (Lipinski definition) is 2. The molecule has 0 spiro atoms. The summed E-state index contributed by atoms with van der Waals surface area (Å²) in [5.74, 6) is -0.931. The number of ether oxygens (including phenoxy) is 1. The van der Waals surface area contributed by atoms with Crippen molar-refractivity contribution < 1.29 is 19.1 Å². The number of likely N-dealkylation sites (tertiary alicyclic amines) is 1. The van der Waals surface area contributed by atoms with Crippen molar-refractivity contribution in [3.8, 4) is 0 Å². The number of carbonyl (C=O) groups is 3. The minimum absolute atomic E-state index is 0.0104. The van der Waals surface area contributed by atoms with Crippen molar-refractivity contribution in [2.24, 2.45) is 0 Å². The van der Waals surface area contributed by atoms with Gasteiger partial charge in [-0.3, -0.25) is 14.5 Å². The van der Waals surface area contributed by atoms with Crippen molar-refractivity contribution in [2.45, 2.75) is 45.7 Å². The zero-order chi connectivity index (χ0) is 22.5. The molecular formula is C23H28ClN3O4. The Balaban J connectivity index is 1.56. The van der Waals surface area contributed by atoms with Gasteiger partial charge in [-0.1, -0.05) is 23.7 Å². The molecule has 0 saturated carbocycles. The molecule has 1 aliphatic rings. The minimum atomic E-state index is -0.556. The number of methoxy groups -OCH3 is 1. The lowest BCUT2D eigenvalue weighted by Gasteiger charge is -2.32. The summed E-state index contributed by atoms with van der Waals surface area (Å²) in [5, 5.41) is 3.79. The fourth-order valence-electron chi connectivity index (χ4n) is 4.04. The van der Waals surface area contributed by atoms with Crippen LogP contribution in [0.25, 0.3) is 0 Å². The fourth-order valence-corrected chi connectivity index (χ4v) is 4.17. The number of carbonyl (C=O) groups excluding carboxylic acids is 3. The Labute approximate surface area is 187 Å². The standard InChI is InChI=1S/C23H28ClN3O4/c1-14-21(23(30)31-3)19(26-22(14)15(2)28)12-20(29)25-18-8-10-27(11-9-18)13-16-4-6-17(24)7-5-16/h4-7,18,26H,8-13H2,1-3H3,(H,25,29). The van der Waals surface area contributed by atoms with Crippen molar-refractivity contribution in [1.29, 1.82) is 0 Å². The van der Waals surface area contributed by atoms with Crippen LogP contribution in [0.1, 0.15) is 57.4 Å². The van der Waals surface area contributed by atoms with Crippen molar-refractivity contribution in [3.63, 3.8) is 0 Å². The summed E-state index contributed by atoms with van der Waals surface area (Å²) in [6.07, 6.45) is 1.70. The molecule has 8 heteroatoms. The highest BCUT2D eigenvalue weighted by Crippen LogP contribution is 2.21. The average molecular weight is 446 g/mol. The molecular weight excluding hydrogens is 418 g/mol.